The molecule has 0 aromatic heterocycles. The molecular formula is C13H20N2O4S. The maximum atomic E-state index is 12.1. The van der Waals surface area contributed by atoms with Crippen molar-refractivity contribution in [3.8, 4) is 5.75 Å². The van der Waals surface area contributed by atoms with Crippen LogP contribution in [0.1, 0.15) is 27.2 Å². The number of carbonyl (C=O) groups is 1. The third-order valence-electron chi connectivity index (χ3n) is 2.76. The van der Waals surface area contributed by atoms with E-state index in [1.54, 1.807) is 6.92 Å². The molecule has 0 radical (unpaired) electrons. The van der Waals surface area contributed by atoms with Crippen LogP contribution in [0.2, 0.25) is 0 Å². The minimum absolute atomic E-state index is 0.101. The van der Waals surface area contributed by atoms with E-state index < -0.39 is 10.0 Å². The lowest BCUT2D eigenvalue weighted by Gasteiger charge is -2.14. The lowest BCUT2D eigenvalue weighted by Crippen LogP contribution is -2.32. The number of amides is 1. The standard InChI is InChI=1S/C13H20N2O4S/c1-5-9(2)15-20(17,18)11-6-7-12(14-10(3)16)13(8-11)19-4/h6-9,15H,5H2,1-4H3,(H,14,16)/t9-/m0/s1. The van der Waals surface area contributed by atoms with Gasteiger partial charge in [0.1, 0.15) is 5.75 Å². The van der Waals surface area contributed by atoms with Crippen LogP contribution < -0.4 is 14.8 Å². The van der Waals surface area contributed by atoms with Gasteiger partial charge in [-0.2, -0.15) is 0 Å². The summed E-state index contributed by atoms with van der Waals surface area (Å²) in [6.07, 6.45) is 0.695. The Bertz CT molecular complexity index is 584. The van der Waals surface area contributed by atoms with E-state index in [0.717, 1.165) is 0 Å². The summed E-state index contributed by atoms with van der Waals surface area (Å²) in [5.74, 6) is 0.0452. The molecule has 1 rings (SSSR count). The van der Waals surface area contributed by atoms with Crippen LogP contribution >= 0.6 is 0 Å². The maximum absolute atomic E-state index is 12.1. The van der Waals surface area contributed by atoms with Crippen LogP contribution in [0.3, 0.4) is 0 Å². The number of hydrogen-bond donors (Lipinski definition) is 2. The summed E-state index contributed by atoms with van der Waals surface area (Å²) in [4.78, 5) is 11.2. The second-order valence-electron chi connectivity index (χ2n) is 4.47. The van der Waals surface area contributed by atoms with Crippen LogP contribution in [0.4, 0.5) is 5.69 Å². The van der Waals surface area contributed by atoms with Gasteiger partial charge < -0.3 is 10.1 Å². The van der Waals surface area contributed by atoms with Gasteiger partial charge in [-0.3, -0.25) is 4.79 Å². The number of methoxy groups -OCH3 is 1. The van der Waals surface area contributed by atoms with E-state index >= 15 is 0 Å². The molecule has 0 unspecified atom stereocenters. The molecule has 1 amide bonds. The zero-order valence-corrected chi connectivity index (χ0v) is 12.9. The first kappa shape index (κ1) is 16.5. The Labute approximate surface area is 119 Å². The van der Waals surface area contributed by atoms with Gasteiger partial charge in [0.25, 0.3) is 0 Å². The molecule has 7 heteroatoms. The van der Waals surface area contributed by atoms with Crippen molar-refractivity contribution in [3.05, 3.63) is 18.2 Å². The van der Waals surface area contributed by atoms with Crippen molar-refractivity contribution >= 4 is 21.6 Å². The van der Waals surface area contributed by atoms with Crippen LogP contribution in [0.15, 0.2) is 23.1 Å². The predicted molar refractivity (Wildman–Crippen MR) is 77.4 cm³/mol. The van der Waals surface area contributed by atoms with Gasteiger partial charge in [0.15, 0.2) is 0 Å². The molecule has 0 aliphatic carbocycles. The second-order valence-corrected chi connectivity index (χ2v) is 6.19. The molecule has 1 aromatic carbocycles. The smallest absolute Gasteiger partial charge is 0.240 e. The van der Waals surface area contributed by atoms with Gasteiger partial charge in [-0.15, -0.1) is 0 Å². The lowest BCUT2D eigenvalue weighted by atomic mass is 10.3. The fraction of sp³-hybridized carbons (Fsp3) is 0.462. The minimum atomic E-state index is -3.59. The van der Waals surface area contributed by atoms with Crippen LogP contribution in [-0.2, 0) is 14.8 Å². The van der Waals surface area contributed by atoms with Gasteiger partial charge >= 0.3 is 0 Å². The molecule has 6 nitrogen and oxygen atoms in total. The number of ether oxygens (including phenoxy) is 1. The van der Waals surface area contributed by atoms with Gasteiger partial charge in [0.2, 0.25) is 15.9 Å². The normalized spacial score (nSPS) is 12.8. The molecule has 0 bridgehead atoms. The van der Waals surface area contributed by atoms with Crippen LogP contribution in [0.25, 0.3) is 0 Å². The summed E-state index contributed by atoms with van der Waals surface area (Å²) in [6, 6.07) is 4.17. The summed E-state index contributed by atoms with van der Waals surface area (Å²) in [5.41, 5.74) is 0.433. The third-order valence-corrected chi connectivity index (χ3v) is 4.35. The Morgan fingerprint density at radius 2 is 2.05 bits per heavy atom. The molecule has 0 saturated carbocycles. The average Bonchev–Trinajstić information content (AvgIpc) is 2.37. The molecule has 2 N–H and O–H groups in total. The number of rotatable bonds is 6. The van der Waals surface area contributed by atoms with E-state index in [2.05, 4.69) is 10.0 Å². The predicted octanol–water partition coefficient (Wildman–Crippen LogP) is 1.73. The average molecular weight is 300 g/mol. The Hall–Kier alpha value is -1.60. The molecular weight excluding hydrogens is 280 g/mol. The molecule has 0 fully saturated rings. The van der Waals surface area contributed by atoms with Crippen molar-refractivity contribution in [1.29, 1.82) is 0 Å². The molecule has 0 heterocycles. The third kappa shape index (κ3) is 4.21. The van der Waals surface area contributed by atoms with E-state index in [4.69, 9.17) is 4.74 Å². The highest BCUT2D eigenvalue weighted by Crippen LogP contribution is 2.27. The Morgan fingerprint density at radius 1 is 1.40 bits per heavy atom. The first-order chi connectivity index (χ1) is 9.30. The SMILES string of the molecule is CC[C@H](C)NS(=O)(=O)c1ccc(NC(C)=O)c(OC)c1. The maximum Gasteiger partial charge on any atom is 0.240 e. The van der Waals surface area contributed by atoms with Crippen LogP contribution in [-0.4, -0.2) is 27.5 Å². The summed E-state index contributed by atoms with van der Waals surface area (Å²) in [5, 5.41) is 2.58. The molecule has 112 valence electrons. The van der Waals surface area contributed by atoms with Crippen molar-refractivity contribution < 1.29 is 17.9 Å². The van der Waals surface area contributed by atoms with E-state index in [0.29, 0.717) is 17.9 Å². The van der Waals surface area contributed by atoms with Gasteiger partial charge in [0.05, 0.1) is 17.7 Å². The summed E-state index contributed by atoms with van der Waals surface area (Å²) >= 11 is 0. The summed E-state index contributed by atoms with van der Waals surface area (Å²) in [6.45, 7) is 5.06. The molecule has 0 saturated heterocycles. The molecule has 0 aliphatic rings. The quantitative estimate of drug-likeness (QED) is 0.838. The molecule has 1 atom stereocenters. The zero-order chi connectivity index (χ0) is 15.3. The summed E-state index contributed by atoms with van der Waals surface area (Å²) < 4.78 is 32.0. The molecule has 0 spiro atoms. The van der Waals surface area contributed by atoms with Crippen molar-refractivity contribution in [2.24, 2.45) is 0 Å². The van der Waals surface area contributed by atoms with Gasteiger partial charge in [-0.1, -0.05) is 6.92 Å². The monoisotopic (exact) mass is 300 g/mol. The van der Waals surface area contributed by atoms with E-state index in [-0.39, 0.29) is 16.8 Å². The van der Waals surface area contributed by atoms with Gasteiger partial charge in [-0.25, -0.2) is 13.1 Å². The van der Waals surface area contributed by atoms with Gasteiger partial charge in [-0.05, 0) is 25.5 Å². The number of anilines is 1. The second kappa shape index (κ2) is 6.71. The fourth-order valence-electron chi connectivity index (χ4n) is 1.55. The fourth-order valence-corrected chi connectivity index (χ4v) is 2.89. The van der Waals surface area contributed by atoms with Crippen molar-refractivity contribution in [3.63, 3.8) is 0 Å². The van der Waals surface area contributed by atoms with Crippen molar-refractivity contribution in [2.45, 2.75) is 38.1 Å². The highest BCUT2D eigenvalue weighted by molar-refractivity contribution is 7.89. The van der Waals surface area contributed by atoms with Crippen LogP contribution in [0, 0.1) is 0 Å². The topological polar surface area (TPSA) is 84.5 Å². The number of hydrogen-bond acceptors (Lipinski definition) is 4. The van der Waals surface area contributed by atoms with Crippen molar-refractivity contribution in [2.75, 3.05) is 12.4 Å². The molecule has 1 aromatic rings. The van der Waals surface area contributed by atoms with Crippen LogP contribution in [0.5, 0.6) is 5.75 Å². The first-order valence-corrected chi connectivity index (χ1v) is 7.76. The lowest BCUT2D eigenvalue weighted by molar-refractivity contribution is -0.114. The first-order valence-electron chi connectivity index (χ1n) is 6.28. The molecule has 0 aliphatic heterocycles. The Kier molecular flexibility index (Phi) is 5.52. The zero-order valence-electron chi connectivity index (χ0n) is 12.1. The van der Waals surface area contributed by atoms with E-state index in [1.807, 2.05) is 6.92 Å². The minimum Gasteiger partial charge on any atom is -0.495 e. The highest BCUT2D eigenvalue weighted by atomic mass is 32.2. The molecule has 20 heavy (non-hydrogen) atoms. The van der Waals surface area contributed by atoms with E-state index in [1.165, 1.54) is 32.2 Å². The van der Waals surface area contributed by atoms with Gasteiger partial charge in [0, 0.05) is 19.0 Å². The Morgan fingerprint density at radius 3 is 2.55 bits per heavy atom. The number of nitrogens with one attached hydrogen (secondary N) is 2. The number of sulfonamides is 1. The highest BCUT2D eigenvalue weighted by Gasteiger charge is 2.18. The number of carbonyl (C=O) groups excluding carboxylic acids is 1. The largest absolute Gasteiger partial charge is 0.495 e. The number of benzene rings is 1. The van der Waals surface area contributed by atoms with Crippen molar-refractivity contribution in [1.82, 2.24) is 4.72 Å². The van der Waals surface area contributed by atoms with E-state index in [9.17, 15) is 13.2 Å². The summed E-state index contributed by atoms with van der Waals surface area (Å²) in [7, 11) is -2.18. The Balaban J connectivity index is 3.12.